The minimum atomic E-state index is 0.0940. The van der Waals surface area contributed by atoms with Gasteiger partial charge in [-0.25, -0.2) is 0 Å². The number of carbonyl (C=O) groups is 1. The van der Waals surface area contributed by atoms with Crippen molar-refractivity contribution in [3.05, 3.63) is 54.1 Å². The molecule has 2 aliphatic rings. The quantitative estimate of drug-likeness (QED) is 0.836. The summed E-state index contributed by atoms with van der Waals surface area (Å²) in [5.41, 5.74) is 4.50. The average molecular weight is 394 g/mol. The molecule has 1 amide bonds. The second-order valence-corrected chi connectivity index (χ2v) is 8.35. The van der Waals surface area contributed by atoms with Gasteiger partial charge in [-0.1, -0.05) is 25.1 Å². The molecule has 4 rings (SSSR count). The average Bonchev–Trinajstić information content (AvgIpc) is 2.72. The number of benzene rings is 2. The Labute approximate surface area is 173 Å². The van der Waals surface area contributed by atoms with Crippen LogP contribution in [0.1, 0.15) is 39.3 Å². The summed E-state index contributed by atoms with van der Waals surface area (Å²) in [4.78, 5) is 16.8. The molecule has 2 heterocycles. The van der Waals surface area contributed by atoms with E-state index in [-0.39, 0.29) is 30.0 Å². The van der Waals surface area contributed by atoms with Crippen molar-refractivity contribution < 1.29 is 9.53 Å². The fourth-order valence-corrected chi connectivity index (χ4v) is 4.66. The summed E-state index contributed by atoms with van der Waals surface area (Å²) in [6.45, 7) is 10.7. The third-order valence-electron chi connectivity index (χ3n) is 6.34. The van der Waals surface area contributed by atoms with E-state index in [1.165, 1.54) is 11.3 Å². The number of nitrogens with one attached hydrogen (secondary N) is 1. The normalized spacial score (nSPS) is 26.8. The fourth-order valence-electron chi connectivity index (χ4n) is 4.66. The Hall–Kier alpha value is -2.53. The summed E-state index contributed by atoms with van der Waals surface area (Å²) in [6, 6.07) is 17.1. The molecule has 0 bridgehead atoms. The summed E-state index contributed by atoms with van der Waals surface area (Å²) in [5.74, 6) is 0.363. The third kappa shape index (κ3) is 3.84. The first-order chi connectivity index (χ1) is 14.0. The van der Waals surface area contributed by atoms with Crippen LogP contribution in [0.4, 0.5) is 17.1 Å². The maximum absolute atomic E-state index is 12.5. The number of fused-ring (bicyclic) bond motifs is 1. The highest BCUT2D eigenvalue weighted by atomic mass is 16.5. The van der Waals surface area contributed by atoms with Crippen LogP contribution >= 0.6 is 0 Å². The van der Waals surface area contributed by atoms with Crippen molar-refractivity contribution >= 4 is 23.0 Å². The topological polar surface area (TPSA) is 44.8 Å². The standard InChI is InChI=1S/C24H31N3O2/c1-16-15-26(12-13-29-16)21-10-11-23-22(14-21)24(25-20-8-6-5-7-9-20)17(2)18(3)27(23)19(4)28/h5-11,14,16-18,24-25H,12-13,15H2,1-4H3. The Morgan fingerprint density at radius 1 is 1.10 bits per heavy atom. The van der Waals surface area contributed by atoms with Crippen LogP contribution in [0.25, 0.3) is 0 Å². The van der Waals surface area contributed by atoms with Gasteiger partial charge in [0.05, 0.1) is 18.8 Å². The van der Waals surface area contributed by atoms with Crippen molar-refractivity contribution in [2.45, 2.75) is 45.9 Å². The number of rotatable bonds is 3. The predicted molar refractivity (Wildman–Crippen MR) is 119 cm³/mol. The molecule has 1 saturated heterocycles. The first-order valence-electron chi connectivity index (χ1n) is 10.6. The van der Waals surface area contributed by atoms with Gasteiger partial charge in [0.1, 0.15) is 0 Å². The van der Waals surface area contributed by atoms with Gasteiger partial charge in [0.2, 0.25) is 5.91 Å². The van der Waals surface area contributed by atoms with Gasteiger partial charge in [-0.3, -0.25) is 4.79 Å². The maximum atomic E-state index is 12.5. The smallest absolute Gasteiger partial charge is 0.224 e. The Morgan fingerprint density at radius 3 is 2.55 bits per heavy atom. The van der Waals surface area contributed by atoms with Crippen LogP contribution in [0, 0.1) is 5.92 Å². The van der Waals surface area contributed by atoms with Gasteiger partial charge in [0.15, 0.2) is 0 Å². The molecular formula is C24H31N3O2. The largest absolute Gasteiger partial charge is 0.378 e. The minimum absolute atomic E-state index is 0.0940. The number of anilines is 3. The molecular weight excluding hydrogens is 362 g/mol. The van der Waals surface area contributed by atoms with Gasteiger partial charge in [-0.2, -0.15) is 0 Å². The van der Waals surface area contributed by atoms with Crippen LogP contribution < -0.4 is 15.1 Å². The van der Waals surface area contributed by atoms with Gasteiger partial charge >= 0.3 is 0 Å². The van der Waals surface area contributed by atoms with E-state index in [0.717, 1.165) is 31.1 Å². The number of nitrogens with zero attached hydrogens (tertiary/aromatic N) is 2. The third-order valence-corrected chi connectivity index (χ3v) is 6.34. The van der Waals surface area contributed by atoms with Gasteiger partial charge in [0.25, 0.3) is 0 Å². The molecule has 0 spiro atoms. The van der Waals surface area contributed by atoms with E-state index in [0.29, 0.717) is 0 Å². The van der Waals surface area contributed by atoms with Crippen molar-refractivity contribution in [1.29, 1.82) is 0 Å². The molecule has 1 N–H and O–H groups in total. The van der Waals surface area contributed by atoms with E-state index in [2.05, 4.69) is 61.3 Å². The number of ether oxygens (including phenoxy) is 1. The van der Waals surface area contributed by atoms with Crippen LogP contribution in [0.2, 0.25) is 0 Å². The summed E-state index contributed by atoms with van der Waals surface area (Å²) in [7, 11) is 0. The van der Waals surface area contributed by atoms with E-state index >= 15 is 0 Å². The van der Waals surface area contributed by atoms with Crippen LogP contribution in [0.15, 0.2) is 48.5 Å². The zero-order chi connectivity index (χ0) is 20.5. The van der Waals surface area contributed by atoms with Crippen molar-refractivity contribution in [2.75, 3.05) is 34.8 Å². The van der Waals surface area contributed by atoms with Crippen molar-refractivity contribution in [3.8, 4) is 0 Å². The zero-order valence-electron chi connectivity index (χ0n) is 17.8. The summed E-state index contributed by atoms with van der Waals surface area (Å²) >= 11 is 0. The van der Waals surface area contributed by atoms with Crippen LogP contribution in [-0.4, -0.2) is 37.7 Å². The lowest BCUT2D eigenvalue weighted by Gasteiger charge is -2.45. The second-order valence-electron chi connectivity index (χ2n) is 8.35. The summed E-state index contributed by atoms with van der Waals surface area (Å²) < 4.78 is 5.72. The van der Waals surface area contributed by atoms with Crippen molar-refractivity contribution in [3.63, 3.8) is 0 Å². The first-order valence-corrected chi connectivity index (χ1v) is 10.6. The molecule has 2 aliphatic heterocycles. The molecule has 4 unspecified atom stereocenters. The molecule has 0 radical (unpaired) electrons. The van der Waals surface area contributed by atoms with Gasteiger partial charge < -0.3 is 19.9 Å². The number of morpholine rings is 1. The van der Waals surface area contributed by atoms with Gasteiger partial charge in [-0.05, 0) is 44.2 Å². The summed E-state index contributed by atoms with van der Waals surface area (Å²) in [6.07, 6.45) is 0.227. The molecule has 0 saturated carbocycles. The van der Waals surface area contributed by atoms with Crippen LogP contribution in [-0.2, 0) is 9.53 Å². The lowest BCUT2D eigenvalue weighted by Crippen LogP contribution is -2.48. The highest BCUT2D eigenvalue weighted by Gasteiger charge is 2.38. The first kappa shape index (κ1) is 19.8. The molecule has 2 aromatic rings. The molecule has 2 aromatic carbocycles. The fraction of sp³-hybridized carbons (Fsp3) is 0.458. The maximum Gasteiger partial charge on any atom is 0.224 e. The Morgan fingerprint density at radius 2 is 1.86 bits per heavy atom. The number of para-hydroxylation sites is 1. The van der Waals surface area contributed by atoms with Gasteiger partial charge in [0, 0.05) is 54.6 Å². The number of amides is 1. The number of hydrogen-bond donors (Lipinski definition) is 1. The van der Waals surface area contributed by atoms with Crippen LogP contribution in [0.5, 0.6) is 0 Å². The molecule has 5 heteroatoms. The monoisotopic (exact) mass is 393 g/mol. The predicted octanol–water partition coefficient (Wildman–Crippen LogP) is 4.46. The number of hydrogen-bond acceptors (Lipinski definition) is 4. The molecule has 4 atom stereocenters. The van der Waals surface area contributed by atoms with E-state index in [9.17, 15) is 4.79 Å². The Bertz CT molecular complexity index is 870. The number of carbonyl (C=O) groups excluding carboxylic acids is 1. The summed E-state index contributed by atoms with van der Waals surface area (Å²) in [5, 5.41) is 3.73. The van der Waals surface area contributed by atoms with Crippen molar-refractivity contribution in [2.24, 2.45) is 5.92 Å². The zero-order valence-corrected chi connectivity index (χ0v) is 17.8. The Kier molecular flexibility index (Phi) is 5.50. The Balaban J connectivity index is 1.76. The molecule has 154 valence electrons. The molecule has 1 fully saturated rings. The van der Waals surface area contributed by atoms with E-state index < -0.39 is 0 Å². The van der Waals surface area contributed by atoms with Gasteiger partial charge in [-0.15, -0.1) is 0 Å². The molecule has 29 heavy (non-hydrogen) atoms. The van der Waals surface area contributed by atoms with E-state index in [1.54, 1.807) is 6.92 Å². The van der Waals surface area contributed by atoms with E-state index in [4.69, 9.17) is 4.74 Å². The second kappa shape index (κ2) is 8.07. The highest BCUT2D eigenvalue weighted by molar-refractivity contribution is 5.94. The molecule has 0 aromatic heterocycles. The lowest BCUT2D eigenvalue weighted by atomic mass is 9.82. The highest BCUT2D eigenvalue weighted by Crippen LogP contribution is 2.44. The molecule has 5 nitrogen and oxygen atoms in total. The molecule has 0 aliphatic carbocycles. The SMILES string of the molecule is CC(=O)N1c2ccc(N3CCOC(C)C3)cc2C(Nc2ccccc2)C(C)C1C. The van der Waals surface area contributed by atoms with Crippen LogP contribution in [0.3, 0.4) is 0 Å². The van der Waals surface area contributed by atoms with Crippen molar-refractivity contribution in [1.82, 2.24) is 0 Å². The van der Waals surface area contributed by atoms with E-state index in [1.807, 2.05) is 23.1 Å². The lowest BCUT2D eigenvalue weighted by molar-refractivity contribution is -0.117. The minimum Gasteiger partial charge on any atom is -0.378 e.